The molecule has 0 fully saturated rings. The van der Waals surface area contributed by atoms with E-state index in [1.807, 2.05) is 6.07 Å². The Hall–Kier alpha value is -1.64. The SMILES string of the molecule is Nc1cc(N)c(O)c(C2CC=CCC2)c1. The van der Waals surface area contributed by atoms with E-state index in [0.717, 1.165) is 24.8 Å². The van der Waals surface area contributed by atoms with Crippen molar-refractivity contribution >= 4 is 11.4 Å². The third-order valence-corrected chi connectivity index (χ3v) is 2.90. The second-order valence-electron chi connectivity index (χ2n) is 4.03. The van der Waals surface area contributed by atoms with Gasteiger partial charge < -0.3 is 16.6 Å². The van der Waals surface area contributed by atoms with Crippen molar-refractivity contribution in [3.63, 3.8) is 0 Å². The summed E-state index contributed by atoms with van der Waals surface area (Å²) in [6.45, 7) is 0. The van der Waals surface area contributed by atoms with E-state index in [9.17, 15) is 5.11 Å². The van der Waals surface area contributed by atoms with Crippen LogP contribution in [0.3, 0.4) is 0 Å². The molecule has 15 heavy (non-hydrogen) atoms. The van der Waals surface area contributed by atoms with Crippen molar-refractivity contribution in [2.75, 3.05) is 11.5 Å². The Morgan fingerprint density at radius 3 is 2.67 bits per heavy atom. The topological polar surface area (TPSA) is 72.3 Å². The summed E-state index contributed by atoms with van der Waals surface area (Å²) in [5.41, 5.74) is 13.3. The summed E-state index contributed by atoms with van der Waals surface area (Å²) in [6.07, 6.45) is 7.37. The summed E-state index contributed by atoms with van der Waals surface area (Å²) < 4.78 is 0. The van der Waals surface area contributed by atoms with E-state index >= 15 is 0 Å². The van der Waals surface area contributed by atoms with Gasteiger partial charge in [-0.25, -0.2) is 0 Å². The number of allylic oxidation sites excluding steroid dienone is 2. The lowest BCUT2D eigenvalue weighted by atomic mass is 9.87. The Morgan fingerprint density at radius 1 is 1.20 bits per heavy atom. The molecule has 1 aromatic rings. The molecule has 1 aliphatic carbocycles. The van der Waals surface area contributed by atoms with Crippen LogP contribution in [0.1, 0.15) is 30.7 Å². The zero-order valence-corrected chi connectivity index (χ0v) is 8.61. The molecule has 0 radical (unpaired) electrons. The third-order valence-electron chi connectivity index (χ3n) is 2.90. The van der Waals surface area contributed by atoms with Crippen molar-refractivity contribution in [2.45, 2.75) is 25.2 Å². The van der Waals surface area contributed by atoms with Gasteiger partial charge in [0.15, 0.2) is 0 Å². The highest BCUT2D eigenvalue weighted by Crippen LogP contribution is 2.38. The first-order chi connectivity index (χ1) is 7.18. The summed E-state index contributed by atoms with van der Waals surface area (Å²) in [5.74, 6) is 0.547. The molecule has 0 spiro atoms. The van der Waals surface area contributed by atoms with E-state index in [0.29, 0.717) is 17.3 Å². The molecule has 0 saturated heterocycles. The molecule has 1 atom stereocenters. The number of hydrogen-bond donors (Lipinski definition) is 3. The number of aromatic hydroxyl groups is 1. The average molecular weight is 204 g/mol. The Bertz CT molecular complexity index is 399. The number of anilines is 2. The van der Waals surface area contributed by atoms with Crippen LogP contribution in [0.15, 0.2) is 24.3 Å². The molecule has 0 aliphatic heterocycles. The fourth-order valence-corrected chi connectivity index (χ4v) is 2.09. The Balaban J connectivity index is 2.38. The molecule has 5 N–H and O–H groups in total. The number of nitrogens with two attached hydrogens (primary N) is 2. The highest BCUT2D eigenvalue weighted by Gasteiger charge is 2.17. The maximum Gasteiger partial charge on any atom is 0.142 e. The van der Waals surface area contributed by atoms with Gasteiger partial charge >= 0.3 is 0 Å². The van der Waals surface area contributed by atoms with Gasteiger partial charge in [0.2, 0.25) is 0 Å². The lowest BCUT2D eigenvalue weighted by molar-refractivity contribution is 0.459. The summed E-state index contributed by atoms with van der Waals surface area (Å²) in [7, 11) is 0. The van der Waals surface area contributed by atoms with Gasteiger partial charge in [-0.15, -0.1) is 0 Å². The normalized spacial score (nSPS) is 20.4. The largest absolute Gasteiger partial charge is 0.505 e. The average Bonchev–Trinajstić information content (AvgIpc) is 2.24. The fourth-order valence-electron chi connectivity index (χ4n) is 2.09. The number of phenols is 1. The number of hydrogen-bond acceptors (Lipinski definition) is 3. The smallest absolute Gasteiger partial charge is 0.142 e. The highest BCUT2D eigenvalue weighted by molar-refractivity contribution is 5.64. The molecular formula is C12H16N2O. The number of rotatable bonds is 1. The van der Waals surface area contributed by atoms with E-state index in [-0.39, 0.29) is 5.75 Å². The minimum atomic E-state index is 0.199. The number of benzene rings is 1. The molecule has 0 bridgehead atoms. The number of phenolic OH excluding ortho intramolecular Hbond substituents is 1. The molecule has 0 amide bonds. The molecule has 0 saturated carbocycles. The molecule has 3 nitrogen and oxygen atoms in total. The minimum Gasteiger partial charge on any atom is -0.505 e. The van der Waals surface area contributed by atoms with Crippen LogP contribution in [-0.2, 0) is 0 Å². The summed E-state index contributed by atoms with van der Waals surface area (Å²) >= 11 is 0. The molecule has 0 aromatic heterocycles. The van der Waals surface area contributed by atoms with Gasteiger partial charge in [0.1, 0.15) is 5.75 Å². The molecule has 2 rings (SSSR count). The Labute approximate surface area is 89.4 Å². The fraction of sp³-hybridized carbons (Fsp3) is 0.333. The van der Waals surface area contributed by atoms with Crippen LogP contribution in [-0.4, -0.2) is 5.11 Å². The maximum atomic E-state index is 9.87. The van der Waals surface area contributed by atoms with Gasteiger partial charge in [0.05, 0.1) is 5.69 Å². The van der Waals surface area contributed by atoms with Crippen LogP contribution in [0.25, 0.3) is 0 Å². The zero-order chi connectivity index (χ0) is 10.8. The Kier molecular flexibility index (Phi) is 2.54. The number of nitrogen functional groups attached to an aromatic ring is 2. The van der Waals surface area contributed by atoms with Gasteiger partial charge in [-0.3, -0.25) is 0 Å². The lowest BCUT2D eigenvalue weighted by Crippen LogP contribution is -2.04. The highest BCUT2D eigenvalue weighted by atomic mass is 16.3. The molecular weight excluding hydrogens is 188 g/mol. The van der Waals surface area contributed by atoms with Gasteiger partial charge in [0.25, 0.3) is 0 Å². The van der Waals surface area contributed by atoms with Crippen LogP contribution < -0.4 is 11.5 Å². The van der Waals surface area contributed by atoms with Crippen molar-refractivity contribution in [3.8, 4) is 5.75 Å². The van der Waals surface area contributed by atoms with Crippen LogP contribution >= 0.6 is 0 Å². The first-order valence-electron chi connectivity index (χ1n) is 5.21. The first kappa shape index (κ1) is 9.90. The lowest BCUT2D eigenvalue weighted by Gasteiger charge is -2.20. The Morgan fingerprint density at radius 2 is 2.00 bits per heavy atom. The summed E-state index contributed by atoms with van der Waals surface area (Å²) in [6, 6.07) is 3.42. The monoisotopic (exact) mass is 204 g/mol. The van der Waals surface area contributed by atoms with Crippen LogP contribution in [0.5, 0.6) is 5.75 Å². The van der Waals surface area contributed by atoms with E-state index < -0.39 is 0 Å². The third kappa shape index (κ3) is 1.91. The van der Waals surface area contributed by atoms with Crippen molar-refractivity contribution in [3.05, 3.63) is 29.8 Å². The maximum absolute atomic E-state index is 9.87. The molecule has 80 valence electrons. The molecule has 3 heteroatoms. The van der Waals surface area contributed by atoms with Crippen LogP contribution in [0.4, 0.5) is 11.4 Å². The standard InChI is InChI=1S/C12H16N2O/c13-9-6-10(12(15)11(14)7-9)8-4-2-1-3-5-8/h1-2,6-8,15H,3-5,13-14H2. The summed E-state index contributed by atoms with van der Waals surface area (Å²) in [5, 5.41) is 9.87. The van der Waals surface area contributed by atoms with Crippen molar-refractivity contribution in [2.24, 2.45) is 0 Å². The van der Waals surface area contributed by atoms with Crippen molar-refractivity contribution < 1.29 is 5.11 Å². The van der Waals surface area contributed by atoms with E-state index in [1.165, 1.54) is 0 Å². The van der Waals surface area contributed by atoms with E-state index in [2.05, 4.69) is 12.2 Å². The van der Waals surface area contributed by atoms with Gasteiger partial charge in [-0.2, -0.15) is 0 Å². The molecule has 0 heterocycles. The second-order valence-corrected chi connectivity index (χ2v) is 4.03. The van der Waals surface area contributed by atoms with Gasteiger partial charge in [0, 0.05) is 11.3 Å². The van der Waals surface area contributed by atoms with Crippen molar-refractivity contribution in [1.82, 2.24) is 0 Å². The zero-order valence-electron chi connectivity index (χ0n) is 8.61. The van der Waals surface area contributed by atoms with Crippen LogP contribution in [0.2, 0.25) is 0 Å². The predicted octanol–water partition coefficient (Wildman–Crippen LogP) is 2.38. The molecule has 1 aliphatic rings. The molecule has 1 unspecified atom stereocenters. The van der Waals surface area contributed by atoms with Gasteiger partial charge in [-0.1, -0.05) is 12.2 Å². The second kappa shape index (κ2) is 3.85. The van der Waals surface area contributed by atoms with E-state index in [1.54, 1.807) is 6.07 Å². The van der Waals surface area contributed by atoms with Gasteiger partial charge in [-0.05, 0) is 37.3 Å². The van der Waals surface area contributed by atoms with E-state index in [4.69, 9.17) is 11.5 Å². The van der Waals surface area contributed by atoms with Crippen LogP contribution in [0, 0.1) is 0 Å². The predicted molar refractivity (Wildman–Crippen MR) is 62.7 cm³/mol. The first-order valence-corrected chi connectivity index (χ1v) is 5.21. The minimum absolute atomic E-state index is 0.199. The summed E-state index contributed by atoms with van der Waals surface area (Å²) in [4.78, 5) is 0. The quantitative estimate of drug-likeness (QED) is 0.284. The van der Waals surface area contributed by atoms with Crippen molar-refractivity contribution in [1.29, 1.82) is 0 Å². The molecule has 1 aromatic carbocycles.